The topological polar surface area (TPSA) is 93.7 Å². The molecule has 1 aliphatic heterocycles. The van der Waals surface area contributed by atoms with Gasteiger partial charge in [-0.3, -0.25) is 9.36 Å². The molecule has 0 amide bonds. The van der Waals surface area contributed by atoms with E-state index in [-0.39, 0.29) is 19.6 Å². The quantitative estimate of drug-likeness (QED) is 0.664. The first kappa shape index (κ1) is 14.5. The van der Waals surface area contributed by atoms with E-state index >= 15 is 0 Å². The molecule has 0 bridgehead atoms. The number of aliphatic hydroxyl groups excluding tert-OH is 2. The Morgan fingerprint density at radius 2 is 2.25 bits per heavy atom. The van der Waals surface area contributed by atoms with Crippen LogP contribution in [0.15, 0.2) is 15.8 Å². The highest BCUT2D eigenvalue weighted by molar-refractivity contribution is 5.05. The molecule has 1 aliphatic rings. The Kier molecular flexibility index (Phi) is 4.09. The van der Waals surface area contributed by atoms with Crippen molar-refractivity contribution in [3.05, 3.63) is 32.6 Å². The largest absolute Gasteiger partial charge is 0.394 e. The summed E-state index contributed by atoms with van der Waals surface area (Å²) < 4.78 is 7.58. The van der Waals surface area contributed by atoms with Gasteiger partial charge < -0.3 is 14.9 Å². The van der Waals surface area contributed by atoms with Crippen molar-refractivity contribution in [2.45, 2.75) is 38.3 Å². The number of rotatable bonds is 3. The number of aromatic nitrogens is 2. The molecule has 7 heteroatoms. The van der Waals surface area contributed by atoms with Crippen LogP contribution in [0.25, 0.3) is 0 Å². The lowest BCUT2D eigenvalue weighted by Crippen LogP contribution is -2.42. The third-order valence-electron chi connectivity index (χ3n) is 3.31. The molecule has 1 saturated heterocycles. The number of aliphatic hydroxyl groups is 2. The molecule has 2 rings (SSSR count). The molecule has 0 saturated carbocycles. The van der Waals surface area contributed by atoms with Gasteiger partial charge in [0.1, 0.15) is 12.3 Å². The molecule has 3 atom stereocenters. The predicted molar refractivity (Wildman–Crippen MR) is 70.2 cm³/mol. The Balaban J connectivity index is 2.47. The summed E-state index contributed by atoms with van der Waals surface area (Å²) in [5.41, 5.74) is -0.679. The lowest BCUT2D eigenvalue weighted by Gasteiger charge is -2.16. The summed E-state index contributed by atoms with van der Waals surface area (Å²) in [6.07, 6.45) is 4.39. The van der Waals surface area contributed by atoms with E-state index in [4.69, 9.17) is 16.3 Å². The number of hydrogen-bond acceptors (Lipinski definition) is 5. The Bertz CT molecular complexity index is 654. The van der Waals surface area contributed by atoms with Crippen LogP contribution in [-0.2, 0) is 11.3 Å². The van der Waals surface area contributed by atoms with E-state index < -0.39 is 29.7 Å². The Morgan fingerprint density at radius 1 is 1.55 bits per heavy atom. The lowest BCUT2D eigenvalue weighted by atomic mass is 10.2. The molecule has 7 nitrogen and oxygen atoms in total. The Hall–Kier alpha value is -1.88. The van der Waals surface area contributed by atoms with Gasteiger partial charge in [-0.2, -0.15) is 0 Å². The summed E-state index contributed by atoms with van der Waals surface area (Å²) in [7, 11) is 0. The van der Waals surface area contributed by atoms with Crippen LogP contribution in [-0.4, -0.2) is 38.2 Å². The fraction of sp³-hybridized carbons (Fsp3) is 0.538. The highest BCUT2D eigenvalue weighted by Gasteiger charge is 2.35. The molecule has 1 aromatic rings. The molecule has 0 radical (unpaired) electrons. The van der Waals surface area contributed by atoms with Crippen LogP contribution in [0.5, 0.6) is 0 Å². The maximum Gasteiger partial charge on any atom is 0.333 e. The minimum absolute atomic E-state index is 0.127. The molecule has 2 heterocycles. The van der Waals surface area contributed by atoms with E-state index in [1.165, 1.54) is 10.8 Å². The highest BCUT2D eigenvalue weighted by atomic mass is 16.5. The molecule has 20 heavy (non-hydrogen) atoms. The van der Waals surface area contributed by atoms with E-state index in [0.29, 0.717) is 5.56 Å². The Morgan fingerprint density at radius 3 is 2.80 bits per heavy atom. The van der Waals surface area contributed by atoms with E-state index in [2.05, 4.69) is 5.92 Å². The van der Waals surface area contributed by atoms with Gasteiger partial charge in [-0.15, -0.1) is 6.42 Å². The first-order valence-corrected chi connectivity index (χ1v) is 6.20. The van der Waals surface area contributed by atoms with Gasteiger partial charge in [0.05, 0.1) is 19.3 Å². The predicted octanol–water partition coefficient (Wildman–Crippen LogP) is -1.41. The molecular weight excluding hydrogens is 264 g/mol. The molecule has 1 fully saturated rings. The summed E-state index contributed by atoms with van der Waals surface area (Å²) in [5.74, 6) is 2.26. The third-order valence-corrected chi connectivity index (χ3v) is 3.31. The second-order valence-corrected chi connectivity index (χ2v) is 4.71. The summed E-state index contributed by atoms with van der Waals surface area (Å²) in [4.78, 5) is 24.1. The third kappa shape index (κ3) is 2.41. The number of terminal acetylenes is 1. The molecule has 2 N–H and O–H groups in total. The zero-order valence-corrected chi connectivity index (χ0v) is 11.0. The second-order valence-electron chi connectivity index (χ2n) is 4.71. The van der Waals surface area contributed by atoms with Gasteiger partial charge in [-0.1, -0.05) is 5.92 Å². The van der Waals surface area contributed by atoms with Crippen LogP contribution in [0, 0.1) is 19.3 Å². The smallest absolute Gasteiger partial charge is 0.333 e. The van der Waals surface area contributed by atoms with Gasteiger partial charge in [0.2, 0.25) is 0 Å². The minimum atomic E-state index is -0.856. The van der Waals surface area contributed by atoms with Gasteiger partial charge in [0, 0.05) is 18.2 Å². The van der Waals surface area contributed by atoms with Crippen molar-refractivity contribution >= 4 is 0 Å². The van der Waals surface area contributed by atoms with Gasteiger partial charge in [-0.25, -0.2) is 9.36 Å². The van der Waals surface area contributed by atoms with Gasteiger partial charge in [0.25, 0.3) is 5.56 Å². The van der Waals surface area contributed by atoms with Crippen molar-refractivity contribution in [3.63, 3.8) is 0 Å². The Labute approximate surface area is 115 Å². The lowest BCUT2D eigenvalue weighted by molar-refractivity contribution is -0.0463. The summed E-state index contributed by atoms with van der Waals surface area (Å²) >= 11 is 0. The molecule has 1 aromatic heterocycles. The summed E-state index contributed by atoms with van der Waals surface area (Å²) in [5, 5.41) is 18.8. The van der Waals surface area contributed by atoms with Crippen LogP contribution < -0.4 is 11.2 Å². The van der Waals surface area contributed by atoms with Gasteiger partial charge in [-0.05, 0) is 6.92 Å². The van der Waals surface area contributed by atoms with Gasteiger partial charge >= 0.3 is 5.69 Å². The molecular formula is C13H16N2O5. The number of ether oxygens (including phenoxy) is 1. The maximum absolute atomic E-state index is 12.2. The fourth-order valence-electron chi connectivity index (χ4n) is 2.25. The monoisotopic (exact) mass is 280 g/mol. The normalized spacial score (nSPS) is 25.6. The first-order chi connectivity index (χ1) is 9.49. The minimum Gasteiger partial charge on any atom is -0.394 e. The van der Waals surface area contributed by atoms with Crippen molar-refractivity contribution < 1.29 is 14.9 Å². The zero-order valence-electron chi connectivity index (χ0n) is 11.0. The van der Waals surface area contributed by atoms with E-state index in [1.54, 1.807) is 6.92 Å². The van der Waals surface area contributed by atoms with Crippen LogP contribution in [0.2, 0.25) is 0 Å². The molecule has 0 aromatic carbocycles. The van der Waals surface area contributed by atoms with Crippen molar-refractivity contribution in [2.24, 2.45) is 0 Å². The van der Waals surface area contributed by atoms with Crippen molar-refractivity contribution in [1.29, 1.82) is 0 Å². The van der Waals surface area contributed by atoms with E-state index in [1.807, 2.05) is 0 Å². The average molecular weight is 280 g/mol. The van der Waals surface area contributed by atoms with E-state index in [9.17, 15) is 14.7 Å². The molecule has 108 valence electrons. The zero-order chi connectivity index (χ0) is 14.9. The number of hydrogen-bond donors (Lipinski definition) is 2. The molecule has 0 spiro atoms. The van der Waals surface area contributed by atoms with Crippen molar-refractivity contribution in [2.75, 3.05) is 6.61 Å². The highest BCUT2D eigenvalue weighted by Crippen LogP contribution is 2.27. The van der Waals surface area contributed by atoms with Crippen LogP contribution in [0.1, 0.15) is 18.2 Å². The van der Waals surface area contributed by atoms with Crippen LogP contribution >= 0.6 is 0 Å². The standard InChI is InChI=1S/C13H16N2O5/c1-3-4-14-12(18)8(2)6-15(13(14)19)11-5-9(17)10(7-16)20-11/h1,6,9-11,16-17H,4-5,7H2,2H3/t9-,10?,11?/m0/s1. The first-order valence-electron chi connectivity index (χ1n) is 6.20. The van der Waals surface area contributed by atoms with Crippen molar-refractivity contribution in [1.82, 2.24) is 9.13 Å². The summed E-state index contributed by atoms with van der Waals surface area (Å²) in [6, 6.07) is 0. The second kappa shape index (κ2) is 5.63. The van der Waals surface area contributed by atoms with Gasteiger partial charge in [0.15, 0.2) is 0 Å². The van der Waals surface area contributed by atoms with Crippen LogP contribution in [0.3, 0.4) is 0 Å². The average Bonchev–Trinajstić information content (AvgIpc) is 2.80. The maximum atomic E-state index is 12.2. The molecule has 0 aliphatic carbocycles. The summed E-state index contributed by atoms with van der Waals surface area (Å²) in [6.45, 7) is 1.10. The molecule has 2 unspecified atom stereocenters. The van der Waals surface area contributed by atoms with Crippen molar-refractivity contribution in [3.8, 4) is 12.3 Å². The number of nitrogens with zero attached hydrogens (tertiary/aromatic N) is 2. The van der Waals surface area contributed by atoms with Crippen LogP contribution in [0.4, 0.5) is 0 Å². The fourth-order valence-corrected chi connectivity index (χ4v) is 2.25. The number of aryl methyl sites for hydroxylation is 1. The van der Waals surface area contributed by atoms with E-state index in [0.717, 1.165) is 4.57 Å². The SMILES string of the molecule is C#CCn1c(=O)c(C)cn(C2C[C@H](O)C(CO)O2)c1=O.